The lowest BCUT2D eigenvalue weighted by Gasteiger charge is -2.33. The average Bonchev–Trinajstić information content (AvgIpc) is 3.61. The number of benzene rings is 2. The lowest BCUT2D eigenvalue weighted by Crippen LogP contribution is -2.39. The van der Waals surface area contributed by atoms with Crippen molar-refractivity contribution in [3.05, 3.63) is 75.2 Å². The van der Waals surface area contributed by atoms with Crippen molar-refractivity contribution in [2.24, 2.45) is 0 Å². The second-order valence-electron chi connectivity index (χ2n) is 12.4. The first-order valence-electron chi connectivity index (χ1n) is 14.9. The summed E-state index contributed by atoms with van der Waals surface area (Å²) in [7, 11) is 0. The van der Waals surface area contributed by atoms with Crippen molar-refractivity contribution in [2.45, 2.75) is 84.5 Å². The zero-order chi connectivity index (χ0) is 28.8. The molecule has 7 nitrogen and oxygen atoms in total. The molecule has 1 unspecified atom stereocenters. The Labute approximate surface area is 248 Å². The number of aromatic nitrogens is 1. The Morgan fingerprint density at radius 3 is 2.59 bits per heavy atom. The number of likely N-dealkylation sites (tertiary alicyclic amines) is 1. The molecule has 1 N–H and O–H groups in total. The summed E-state index contributed by atoms with van der Waals surface area (Å²) in [5.41, 5.74) is 4.35. The quantitative estimate of drug-likeness (QED) is 0.268. The number of carbonyl (C=O) groups is 1. The van der Waals surface area contributed by atoms with Gasteiger partial charge < -0.3 is 19.7 Å². The molecule has 41 heavy (non-hydrogen) atoms. The maximum atomic E-state index is 12.8. The van der Waals surface area contributed by atoms with E-state index in [1.54, 1.807) is 11.3 Å². The fourth-order valence-electron chi connectivity index (χ4n) is 5.58. The number of piperidine rings is 1. The summed E-state index contributed by atoms with van der Waals surface area (Å²) in [5, 5.41) is 5.90. The minimum absolute atomic E-state index is 0.0840. The minimum atomic E-state index is -0.0840. The fraction of sp³-hybridized carbons (Fsp3) is 0.515. The maximum absolute atomic E-state index is 12.8. The number of amides is 1. The first kappa shape index (κ1) is 29.5. The molecule has 0 saturated carbocycles. The fourth-order valence-corrected chi connectivity index (χ4v) is 6.39. The van der Waals surface area contributed by atoms with Crippen molar-refractivity contribution in [1.29, 1.82) is 0 Å². The normalized spacial score (nSPS) is 17.2. The number of hydrogen-bond acceptors (Lipinski definition) is 7. The number of thiazole rings is 1. The van der Waals surface area contributed by atoms with E-state index in [9.17, 15) is 4.79 Å². The number of ether oxygens (including phenoxy) is 2. The van der Waals surface area contributed by atoms with Gasteiger partial charge in [-0.3, -0.25) is 9.69 Å². The van der Waals surface area contributed by atoms with Gasteiger partial charge in [0.15, 0.2) is 11.5 Å². The monoisotopic (exact) mass is 576 g/mol. The van der Waals surface area contributed by atoms with Gasteiger partial charge in [0.05, 0.1) is 6.54 Å². The van der Waals surface area contributed by atoms with Crippen LogP contribution in [0.1, 0.15) is 85.6 Å². The third kappa shape index (κ3) is 8.09. The summed E-state index contributed by atoms with van der Waals surface area (Å²) in [6.45, 7) is 14.3. The molecule has 2 aliphatic heterocycles. The van der Waals surface area contributed by atoms with Crippen LogP contribution in [0.3, 0.4) is 0 Å². The first-order valence-corrected chi connectivity index (χ1v) is 15.8. The van der Waals surface area contributed by atoms with E-state index in [0.717, 1.165) is 48.1 Å². The molecule has 0 aliphatic carbocycles. The van der Waals surface area contributed by atoms with Gasteiger partial charge in [-0.15, -0.1) is 11.3 Å². The van der Waals surface area contributed by atoms with Crippen LogP contribution in [0.15, 0.2) is 47.8 Å². The van der Waals surface area contributed by atoms with Gasteiger partial charge in [0.1, 0.15) is 10.7 Å². The van der Waals surface area contributed by atoms with Crippen molar-refractivity contribution >= 4 is 17.2 Å². The molecule has 0 radical (unpaired) electrons. The molecule has 0 spiro atoms. The Balaban J connectivity index is 1.21. The number of nitrogens with one attached hydrogen (secondary N) is 1. The van der Waals surface area contributed by atoms with Crippen molar-refractivity contribution < 1.29 is 14.3 Å². The van der Waals surface area contributed by atoms with Gasteiger partial charge >= 0.3 is 0 Å². The highest BCUT2D eigenvalue weighted by molar-refractivity contribution is 7.09. The predicted molar refractivity (Wildman–Crippen MR) is 165 cm³/mol. The number of fused-ring (bicyclic) bond motifs is 1. The molecule has 1 aromatic heterocycles. The number of hydrogen-bond donors (Lipinski definition) is 1. The molecule has 1 fully saturated rings. The third-order valence-electron chi connectivity index (χ3n) is 8.06. The SMILES string of the molecule is CC1CCCCN1CCCNC(=O)c1csc(CN(Cc2ccc(C(C)(C)C)cc2)Cc2ccc3c(c2)OCO3)n1. The van der Waals surface area contributed by atoms with E-state index in [0.29, 0.717) is 24.8 Å². The number of carbonyl (C=O) groups excluding carboxylic acids is 1. The molecule has 1 atom stereocenters. The Morgan fingerprint density at radius 2 is 1.80 bits per heavy atom. The Hall–Kier alpha value is -2.94. The van der Waals surface area contributed by atoms with Crippen LogP contribution in [-0.4, -0.2) is 53.2 Å². The molecule has 2 aliphatic rings. The first-order chi connectivity index (χ1) is 19.7. The number of rotatable bonds is 11. The van der Waals surface area contributed by atoms with E-state index < -0.39 is 0 Å². The summed E-state index contributed by atoms with van der Waals surface area (Å²) < 4.78 is 11.1. The standard InChI is InChI=1S/C33H44N4O3S/c1-24-8-5-6-16-37(24)17-7-15-34-32(38)28-22-41-31(35-28)21-36(19-25-9-12-27(13-10-25)33(2,3)4)20-26-11-14-29-30(18-26)40-23-39-29/h9-14,18,22,24H,5-8,15-17,19-21,23H2,1-4H3,(H,34,38). The van der Waals surface area contributed by atoms with Gasteiger partial charge in [-0.1, -0.05) is 57.5 Å². The van der Waals surface area contributed by atoms with E-state index in [1.807, 2.05) is 11.4 Å². The lowest BCUT2D eigenvalue weighted by molar-refractivity contribution is 0.0944. The molecule has 1 saturated heterocycles. The smallest absolute Gasteiger partial charge is 0.270 e. The van der Waals surface area contributed by atoms with Gasteiger partial charge in [-0.25, -0.2) is 4.98 Å². The van der Waals surface area contributed by atoms with Crippen LogP contribution in [0.5, 0.6) is 11.5 Å². The van der Waals surface area contributed by atoms with Gasteiger partial charge in [0.2, 0.25) is 6.79 Å². The third-order valence-corrected chi connectivity index (χ3v) is 8.89. The van der Waals surface area contributed by atoms with E-state index in [-0.39, 0.29) is 18.1 Å². The van der Waals surface area contributed by atoms with Gasteiger partial charge in [0.25, 0.3) is 5.91 Å². The van der Waals surface area contributed by atoms with Crippen molar-refractivity contribution in [2.75, 3.05) is 26.4 Å². The summed E-state index contributed by atoms with van der Waals surface area (Å²) in [6, 6.07) is 15.7. The molecule has 3 heterocycles. The Morgan fingerprint density at radius 1 is 1.05 bits per heavy atom. The van der Waals surface area contributed by atoms with Crippen molar-refractivity contribution in [3.63, 3.8) is 0 Å². The Kier molecular flexibility index (Phi) is 9.63. The molecule has 5 rings (SSSR count). The van der Waals surface area contributed by atoms with Gasteiger partial charge in [-0.2, -0.15) is 0 Å². The molecule has 0 bridgehead atoms. The van der Waals surface area contributed by atoms with Crippen LogP contribution < -0.4 is 14.8 Å². The number of nitrogens with zero attached hydrogens (tertiary/aromatic N) is 3. The van der Waals surface area contributed by atoms with Crippen LogP contribution in [0.4, 0.5) is 0 Å². The van der Waals surface area contributed by atoms with Crippen molar-refractivity contribution in [3.8, 4) is 11.5 Å². The van der Waals surface area contributed by atoms with E-state index in [1.165, 1.54) is 36.9 Å². The van der Waals surface area contributed by atoms with E-state index >= 15 is 0 Å². The van der Waals surface area contributed by atoms with Crippen LogP contribution >= 0.6 is 11.3 Å². The van der Waals surface area contributed by atoms with Crippen LogP contribution in [0, 0.1) is 0 Å². The molecule has 3 aromatic rings. The highest BCUT2D eigenvalue weighted by atomic mass is 32.1. The second-order valence-corrected chi connectivity index (χ2v) is 13.3. The second kappa shape index (κ2) is 13.4. The highest BCUT2D eigenvalue weighted by Crippen LogP contribution is 2.33. The van der Waals surface area contributed by atoms with Crippen LogP contribution in [-0.2, 0) is 25.0 Å². The predicted octanol–water partition coefficient (Wildman–Crippen LogP) is 6.37. The molecule has 8 heteroatoms. The zero-order valence-electron chi connectivity index (χ0n) is 24.9. The molecule has 2 aromatic carbocycles. The van der Waals surface area contributed by atoms with E-state index in [2.05, 4.69) is 79.2 Å². The molecule has 1 amide bonds. The van der Waals surface area contributed by atoms with Crippen LogP contribution in [0.25, 0.3) is 0 Å². The maximum Gasteiger partial charge on any atom is 0.270 e. The summed E-state index contributed by atoms with van der Waals surface area (Å²) in [5.74, 6) is 1.50. The highest BCUT2D eigenvalue weighted by Gasteiger charge is 2.20. The van der Waals surface area contributed by atoms with Crippen molar-refractivity contribution in [1.82, 2.24) is 20.1 Å². The summed E-state index contributed by atoms with van der Waals surface area (Å²) in [4.78, 5) is 22.5. The molecule has 220 valence electrons. The largest absolute Gasteiger partial charge is 0.454 e. The average molecular weight is 577 g/mol. The minimum Gasteiger partial charge on any atom is -0.454 e. The Bertz CT molecular complexity index is 1300. The molecular weight excluding hydrogens is 532 g/mol. The zero-order valence-corrected chi connectivity index (χ0v) is 25.8. The summed E-state index contributed by atoms with van der Waals surface area (Å²) >= 11 is 1.55. The lowest BCUT2D eigenvalue weighted by atomic mass is 9.87. The summed E-state index contributed by atoms with van der Waals surface area (Å²) in [6.07, 6.45) is 4.86. The van der Waals surface area contributed by atoms with E-state index in [4.69, 9.17) is 14.5 Å². The van der Waals surface area contributed by atoms with Gasteiger partial charge in [0, 0.05) is 37.6 Å². The topological polar surface area (TPSA) is 66.9 Å². The molecular formula is C33H44N4O3S. The van der Waals surface area contributed by atoms with Gasteiger partial charge in [-0.05, 0) is 67.0 Å². The van der Waals surface area contributed by atoms with Crippen LogP contribution in [0.2, 0.25) is 0 Å².